The van der Waals surface area contributed by atoms with E-state index in [1.165, 1.54) is 106 Å². The molecule has 0 heterocycles. The third kappa shape index (κ3) is 8.67. The van der Waals surface area contributed by atoms with Crippen molar-refractivity contribution in [2.75, 3.05) is 171 Å². The van der Waals surface area contributed by atoms with Crippen molar-refractivity contribution in [1.82, 2.24) is 0 Å². The normalized spacial score (nSPS) is 13.3. The van der Waals surface area contributed by atoms with Crippen LogP contribution in [0.4, 0.5) is 51.2 Å². The Morgan fingerprint density at radius 1 is 0.339 bits per heavy atom. The van der Waals surface area contributed by atoms with E-state index in [0.717, 1.165) is 0 Å². The fraction of sp³-hybridized carbons (Fsp3) is 0.542. The number of anilines is 9. The van der Waals surface area contributed by atoms with Crippen molar-refractivity contribution in [1.29, 1.82) is 0 Å². The number of benzene rings is 3. The molecule has 0 spiro atoms. The molecular formula is C48H78Cl3N9SiTi. The van der Waals surface area contributed by atoms with Crippen LogP contribution in [-0.2, 0) is 20.4 Å². The summed E-state index contributed by atoms with van der Waals surface area (Å²) in [5.41, 5.74) is 20.9. The molecule has 0 N–H and O–H groups in total. The summed E-state index contributed by atoms with van der Waals surface area (Å²) >= 11 is 2.63. The molecule has 0 atom stereocenters. The predicted octanol–water partition coefficient (Wildman–Crippen LogP) is -2.38. The first-order valence-corrected chi connectivity index (χ1v) is 23.6. The second kappa shape index (κ2) is 20.5. The van der Waals surface area contributed by atoms with E-state index >= 15 is 0 Å². The maximum atomic E-state index is 2.63. The van der Waals surface area contributed by atoms with E-state index in [2.05, 4.69) is 258 Å². The number of hydrogen-bond acceptors (Lipinski definition) is 9. The van der Waals surface area contributed by atoms with Crippen LogP contribution in [0.5, 0.6) is 0 Å². The minimum atomic E-state index is -3.58. The van der Waals surface area contributed by atoms with Crippen molar-refractivity contribution < 1.29 is 57.7 Å². The van der Waals surface area contributed by atoms with E-state index in [9.17, 15) is 0 Å². The maximum Gasteiger partial charge on any atom is -1.00 e. The second-order valence-corrected chi connectivity index (χ2v) is 24.7. The van der Waals surface area contributed by atoms with Gasteiger partial charge in [-0.2, -0.15) is 0 Å². The van der Waals surface area contributed by atoms with Crippen molar-refractivity contribution in [2.45, 2.75) is 51.8 Å². The Bertz CT molecular complexity index is 1970. The number of halogens is 3. The van der Waals surface area contributed by atoms with E-state index in [-0.39, 0.29) is 37.2 Å². The van der Waals surface area contributed by atoms with Gasteiger partial charge in [0.15, 0.2) is 0 Å². The molecule has 0 saturated carbocycles. The van der Waals surface area contributed by atoms with Gasteiger partial charge in [0.25, 0.3) is 0 Å². The molecule has 0 aliphatic heterocycles. The van der Waals surface area contributed by atoms with Crippen LogP contribution in [0.25, 0.3) is 0 Å². The molecule has 0 saturated heterocycles. The van der Waals surface area contributed by atoms with Crippen LogP contribution in [-0.4, -0.2) is 135 Å². The van der Waals surface area contributed by atoms with Gasteiger partial charge in [-0.3, -0.25) is 0 Å². The van der Waals surface area contributed by atoms with Crippen LogP contribution in [0.15, 0.2) is 40.5 Å². The van der Waals surface area contributed by atoms with Gasteiger partial charge in [-0.25, -0.2) is 0 Å². The summed E-state index contributed by atoms with van der Waals surface area (Å²) in [4.78, 5) is 21.3. The Morgan fingerprint density at radius 3 is 0.694 bits per heavy atom. The fourth-order valence-corrected chi connectivity index (χ4v) is 19.7. The third-order valence-electron chi connectivity index (χ3n) is 13.2. The molecule has 0 amide bonds. The molecule has 9 nitrogen and oxygen atoms in total. The van der Waals surface area contributed by atoms with Crippen LogP contribution in [0.3, 0.4) is 0 Å². The summed E-state index contributed by atoms with van der Waals surface area (Å²) in [6, 6.07) is 7.85. The predicted molar refractivity (Wildman–Crippen MR) is 267 cm³/mol. The number of rotatable bonds is 13. The second-order valence-electron chi connectivity index (χ2n) is 18.8. The van der Waals surface area contributed by atoms with Crippen molar-refractivity contribution in [3.63, 3.8) is 0 Å². The molecule has 0 aromatic heterocycles. The molecule has 0 fully saturated rings. The molecular weight excluding hydrogens is 885 g/mol. The summed E-state index contributed by atoms with van der Waals surface area (Å²) in [6.45, 7) is 16.6. The van der Waals surface area contributed by atoms with Gasteiger partial charge < -0.3 is 37.2 Å². The Hall–Kier alpha value is -2.86. The van der Waals surface area contributed by atoms with Gasteiger partial charge in [0.1, 0.15) is 0 Å². The van der Waals surface area contributed by atoms with Gasteiger partial charge in [-0.15, -0.1) is 0 Å². The summed E-state index contributed by atoms with van der Waals surface area (Å²) < 4.78 is -0.422. The minimum absolute atomic E-state index is 0. The largest absolute Gasteiger partial charge is 1.00 e. The van der Waals surface area contributed by atoms with Gasteiger partial charge in [-0.05, 0) is 0 Å². The van der Waals surface area contributed by atoms with E-state index in [1.807, 2.05) is 0 Å². The maximum absolute atomic E-state index is 3.58. The first-order valence-electron chi connectivity index (χ1n) is 20.8. The third-order valence-corrected chi connectivity index (χ3v) is 21.6. The topological polar surface area (TPSA) is 29.2 Å². The average Bonchev–Trinajstić information content (AvgIpc) is 3.26. The minimum Gasteiger partial charge on any atom is -1.00 e. The Labute approximate surface area is 409 Å². The van der Waals surface area contributed by atoms with Crippen LogP contribution in [0, 0.1) is 20.8 Å². The SMILES string of the molecule is CC1=C(C)[C]([Ti+3])([Si](c2cc(N(C)C)c(C)c(N(C)C)c2N(C)C)(c2cc(N(C)C)c(C)c(N(C)C)c2N(C)C)c2cc(N(C)C)c(C)c(N(C)C)c2N(C)C)C(C)=C1C.[Cl-].[Cl-].[Cl-]. The molecule has 0 bridgehead atoms. The number of allylic oxidation sites excluding steroid dienone is 4. The molecule has 0 unspecified atom stereocenters. The van der Waals surface area contributed by atoms with Crippen LogP contribution in [0.2, 0.25) is 3.34 Å². The molecule has 3 aromatic carbocycles. The molecule has 1 aliphatic carbocycles. The monoisotopic (exact) mass is 961 g/mol. The Balaban J connectivity index is 0.00000641. The van der Waals surface area contributed by atoms with Gasteiger partial charge in [-0.1, -0.05) is 0 Å². The molecule has 344 valence electrons. The van der Waals surface area contributed by atoms with Gasteiger partial charge in [0, 0.05) is 0 Å². The zero-order valence-corrected chi connectivity index (χ0v) is 47.7. The Morgan fingerprint density at radius 2 is 0.532 bits per heavy atom. The molecule has 1 aliphatic rings. The summed E-state index contributed by atoms with van der Waals surface area (Å²) in [6.07, 6.45) is 0. The molecule has 0 radical (unpaired) electrons. The van der Waals surface area contributed by atoms with Crippen molar-refractivity contribution in [3.8, 4) is 0 Å². The first-order chi connectivity index (χ1) is 27.1. The van der Waals surface area contributed by atoms with E-state index in [1.54, 1.807) is 0 Å². The molecule has 14 heteroatoms. The molecule has 62 heavy (non-hydrogen) atoms. The zero-order chi connectivity index (χ0) is 45.3. The van der Waals surface area contributed by atoms with E-state index in [0.29, 0.717) is 0 Å². The standard InChI is InChI=1S/C48H78N9Si.3ClH.Ti/c1-29-30(2)32(4)48(31(29)3)58(39-26-36(49(8)9)33(5)42(52(14)15)45(39)55(20)21,40-27-37(50(10)11)34(6)43(53(16)17)46(40)56(22)23)41-28-38(51(12)13)35(7)44(54(18)19)47(41)57(24)25;;;;/h26-28H,1-25H3;3*1H;/q;;;;+3/p-3. The zero-order valence-electron chi connectivity index (χ0n) is 42.9. The summed E-state index contributed by atoms with van der Waals surface area (Å²) in [5, 5.41) is 4.23. The van der Waals surface area contributed by atoms with E-state index in [4.69, 9.17) is 0 Å². The number of nitrogens with zero attached hydrogens (tertiary/aromatic N) is 9. The summed E-state index contributed by atoms with van der Waals surface area (Å²) in [5.74, 6) is 0. The van der Waals surface area contributed by atoms with Gasteiger partial charge in [0.05, 0.1) is 0 Å². The van der Waals surface area contributed by atoms with Gasteiger partial charge >= 0.3 is 375 Å². The van der Waals surface area contributed by atoms with Crippen LogP contribution in [0.1, 0.15) is 44.4 Å². The van der Waals surface area contributed by atoms with Crippen LogP contribution >= 0.6 is 0 Å². The van der Waals surface area contributed by atoms with E-state index < -0.39 is 11.4 Å². The fourth-order valence-electron chi connectivity index (χ4n) is 10.5. The quantitative estimate of drug-likeness (QED) is 0.138. The molecule has 3 aromatic rings. The number of hydrogen-bond donors (Lipinski definition) is 0. The molecule has 4 rings (SSSR count). The smallest absolute Gasteiger partial charge is 1.00 e. The van der Waals surface area contributed by atoms with Gasteiger partial charge in [0.2, 0.25) is 0 Å². The average molecular weight is 964 g/mol. The van der Waals surface area contributed by atoms with Crippen molar-refractivity contribution in [2.24, 2.45) is 0 Å². The van der Waals surface area contributed by atoms with Crippen molar-refractivity contribution >= 4 is 74.8 Å². The first kappa shape index (κ1) is 57.2. The van der Waals surface area contributed by atoms with Crippen LogP contribution < -0.4 is 96.9 Å². The summed E-state index contributed by atoms with van der Waals surface area (Å²) in [7, 11) is 36.6. The van der Waals surface area contributed by atoms with Crippen molar-refractivity contribution in [3.05, 3.63) is 57.2 Å². The Kier molecular flexibility index (Phi) is 18.9.